The van der Waals surface area contributed by atoms with Gasteiger partial charge < -0.3 is 10.1 Å². The van der Waals surface area contributed by atoms with Gasteiger partial charge in [0.1, 0.15) is 0 Å². The summed E-state index contributed by atoms with van der Waals surface area (Å²) < 4.78 is 5.67. The van der Waals surface area contributed by atoms with Crippen molar-refractivity contribution in [2.75, 3.05) is 26.8 Å². The molecular formula is C16H27NO. The molecule has 1 aromatic carbocycles. The molecule has 0 saturated heterocycles. The first-order valence-electron chi connectivity index (χ1n) is 7.06. The zero-order valence-electron chi connectivity index (χ0n) is 12.0. The molecule has 0 amide bonds. The Bertz CT molecular complexity index is 325. The van der Waals surface area contributed by atoms with Gasteiger partial charge in [-0.1, -0.05) is 43.2 Å². The van der Waals surface area contributed by atoms with E-state index < -0.39 is 0 Å². The Kier molecular flexibility index (Phi) is 7.70. The zero-order chi connectivity index (χ0) is 13.2. The molecule has 0 aliphatic rings. The average Bonchev–Trinajstić information content (AvgIpc) is 2.37. The fourth-order valence-electron chi connectivity index (χ4n) is 2.13. The van der Waals surface area contributed by atoms with Crippen LogP contribution in [0.2, 0.25) is 0 Å². The Morgan fingerprint density at radius 1 is 1.28 bits per heavy atom. The topological polar surface area (TPSA) is 21.3 Å². The quantitative estimate of drug-likeness (QED) is 0.676. The predicted octanol–water partition coefficient (Wildman–Crippen LogP) is 3.50. The van der Waals surface area contributed by atoms with Crippen LogP contribution in [0.1, 0.15) is 43.2 Å². The molecule has 18 heavy (non-hydrogen) atoms. The van der Waals surface area contributed by atoms with E-state index in [-0.39, 0.29) is 0 Å². The van der Waals surface area contributed by atoms with Crippen molar-refractivity contribution < 1.29 is 4.74 Å². The van der Waals surface area contributed by atoms with E-state index in [9.17, 15) is 0 Å². The zero-order valence-corrected chi connectivity index (χ0v) is 12.0. The number of unbranched alkanes of at least 4 members (excludes halogenated alkanes) is 1. The summed E-state index contributed by atoms with van der Waals surface area (Å²) >= 11 is 0. The average molecular weight is 249 g/mol. The van der Waals surface area contributed by atoms with Crippen LogP contribution in [-0.4, -0.2) is 26.8 Å². The second kappa shape index (κ2) is 9.12. The molecule has 0 radical (unpaired) electrons. The Labute approximate surface area is 112 Å². The van der Waals surface area contributed by atoms with Crippen LogP contribution in [-0.2, 0) is 4.74 Å². The van der Waals surface area contributed by atoms with Gasteiger partial charge in [0, 0.05) is 19.8 Å². The van der Waals surface area contributed by atoms with Gasteiger partial charge in [-0.25, -0.2) is 0 Å². The number of rotatable bonds is 9. The Morgan fingerprint density at radius 3 is 2.78 bits per heavy atom. The second-order valence-electron chi connectivity index (χ2n) is 4.92. The third-order valence-electron chi connectivity index (χ3n) is 3.22. The molecule has 1 aromatic rings. The first-order valence-corrected chi connectivity index (χ1v) is 7.06. The fourth-order valence-corrected chi connectivity index (χ4v) is 2.13. The Hall–Kier alpha value is -0.860. The molecule has 102 valence electrons. The lowest BCUT2D eigenvalue weighted by atomic mass is 9.95. The van der Waals surface area contributed by atoms with Crippen LogP contribution in [0, 0.1) is 6.92 Å². The van der Waals surface area contributed by atoms with E-state index in [4.69, 9.17) is 4.74 Å². The van der Waals surface area contributed by atoms with Crippen LogP contribution in [0.25, 0.3) is 0 Å². The number of hydrogen-bond donors (Lipinski definition) is 1. The van der Waals surface area contributed by atoms with E-state index >= 15 is 0 Å². The van der Waals surface area contributed by atoms with Crippen molar-refractivity contribution in [2.45, 2.75) is 39.0 Å². The number of benzene rings is 1. The molecule has 0 heterocycles. The number of likely N-dealkylation sites (N-methyl/N-ethyl adjacent to an activating group) is 1. The maximum atomic E-state index is 5.67. The molecular weight excluding hydrogens is 222 g/mol. The number of aryl methyl sites for hydroxylation is 1. The van der Waals surface area contributed by atoms with Crippen LogP contribution in [0.5, 0.6) is 0 Å². The minimum atomic E-state index is 0.552. The lowest BCUT2D eigenvalue weighted by Gasteiger charge is -2.17. The molecule has 1 atom stereocenters. The van der Waals surface area contributed by atoms with Crippen LogP contribution < -0.4 is 5.32 Å². The predicted molar refractivity (Wildman–Crippen MR) is 78.2 cm³/mol. The van der Waals surface area contributed by atoms with Gasteiger partial charge in [-0.3, -0.25) is 0 Å². The van der Waals surface area contributed by atoms with Gasteiger partial charge in [0.25, 0.3) is 0 Å². The highest BCUT2D eigenvalue weighted by atomic mass is 16.5. The molecule has 0 spiro atoms. The van der Waals surface area contributed by atoms with Crippen molar-refractivity contribution in [3.63, 3.8) is 0 Å². The van der Waals surface area contributed by atoms with Gasteiger partial charge in [0.05, 0.1) is 0 Å². The van der Waals surface area contributed by atoms with E-state index in [1.165, 1.54) is 24.0 Å². The first kappa shape index (κ1) is 15.2. The summed E-state index contributed by atoms with van der Waals surface area (Å²) in [5.41, 5.74) is 2.75. The third-order valence-corrected chi connectivity index (χ3v) is 3.22. The lowest BCUT2D eigenvalue weighted by Crippen LogP contribution is -2.19. The number of ether oxygens (including phenoxy) is 1. The van der Waals surface area contributed by atoms with Crippen molar-refractivity contribution in [2.24, 2.45) is 0 Å². The molecule has 2 nitrogen and oxygen atoms in total. The molecule has 1 unspecified atom stereocenters. The molecule has 2 heteroatoms. The largest absolute Gasteiger partial charge is 0.381 e. The summed E-state index contributed by atoms with van der Waals surface area (Å²) in [5, 5.41) is 3.28. The Morgan fingerprint density at radius 2 is 2.11 bits per heavy atom. The molecule has 1 rings (SSSR count). The van der Waals surface area contributed by atoms with Crippen LogP contribution in [0.15, 0.2) is 24.3 Å². The smallest absolute Gasteiger partial charge is 0.0472 e. The van der Waals surface area contributed by atoms with E-state index in [0.29, 0.717) is 5.92 Å². The van der Waals surface area contributed by atoms with Gasteiger partial charge in [0.15, 0.2) is 0 Å². The summed E-state index contributed by atoms with van der Waals surface area (Å²) in [4.78, 5) is 0. The maximum absolute atomic E-state index is 5.67. The van der Waals surface area contributed by atoms with E-state index in [2.05, 4.69) is 43.4 Å². The molecule has 1 N–H and O–H groups in total. The third kappa shape index (κ3) is 5.65. The second-order valence-corrected chi connectivity index (χ2v) is 4.92. The lowest BCUT2D eigenvalue weighted by molar-refractivity contribution is 0.124. The summed E-state index contributed by atoms with van der Waals surface area (Å²) in [6, 6.07) is 8.80. The van der Waals surface area contributed by atoms with Crippen LogP contribution in [0.4, 0.5) is 0 Å². The van der Waals surface area contributed by atoms with Crippen molar-refractivity contribution >= 4 is 0 Å². The SMILES string of the molecule is CCCCOCCC(CNC)c1cccc(C)c1. The van der Waals surface area contributed by atoms with E-state index in [1.54, 1.807) is 0 Å². The van der Waals surface area contributed by atoms with E-state index in [1.807, 2.05) is 7.05 Å². The molecule has 0 saturated carbocycles. The van der Waals surface area contributed by atoms with Crippen molar-refractivity contribution in [3.8, 4) is 0 Å². The summed E-state index contributed by atoms with van der Waals surface area (Å²) in [6.07, 6.45) is 3.47. The number of nitrogens with one attached hydrogen (secondary N) is 1. The highest BCUT2D eigenvalue weighted by Crippen LogP contribution is 2.20. The first-order chi connectivity index (χ1) is 8.77. The minimum Gasteiger partial charge on any atom is -0.381 e. The maximum Gasteiger partial charge on any atom is 0.0472 e. The number of hydrogen-bond acceptors (Lipinski definition) is 2. The molecule has 0 bridgehead atoms. The van der Waals surface area contributed by atoms with Crippen molar-refractivity contribution in [1.29, 1.82) is 0 Å². The summed E-state index contributed by atoms with van der Waals surface area (Å²) in [6.45, 7) is 7.12. The van der Waals surface area contributed by atoms with Crippen LogP contribution >= 0.6 is 0 Å². The van der Waals surface area contributed by atoms with Gasteiger partial charge >= 0.3 is 0 Å². The molecule has 0 aliphatic heterocycles. The minimum absolute atomic E-state index is 0.552. The highest BCUT2D eigenvalue weighted by molar-refractivity contribution is 5.25. The van der Waals surface area contributed by atoms with Gasteiger partial charge in [-0.2, -0.15) is 0 Å². The monoisotopic (exact) mass is 249 g/mol. The van der Waals surface area contributed by atoms with Crippen LogP contribution in [0.3, 0.4) is 0 Å². The molecule has 0 aliphatic carbocycles. The highest BCUT2D eigenvalue weighted by Gasteiger charge is 2.10. The summed E-state index contributed by atoms with van der Waals surface area (Å²) in [5.74, 6) is 0.552. The van der Waals surface area contributed by atoms with Crippen molar-refractivity contribution in [1.82, 2.24) is 5.32 Å². The molecule has 0 aromatic heterocycles. The normalized spacial score (nSPS) is 12.6. The van der Waals surface area contributed by atoms with Gasteiger partial charge in [-0.05, 0) is 38.3 Å². The van der Waals surface area contributed by atoms with Crippen molar-refractivity contribution in [3.05, 3.63) is 35.4 Å². The Balaban J connectivity index is 2.44. The van der Waals surface area contributed by atoms with E-state index in [0.717, 1.165) is 26.2 Å². The standard InChI is InChI=1S/C16H27NO/c1-4-5-10-18-11-9-16(13-17-3)15-8-6-7-14(2)12-15/h6-8,12,16-17H,4-5,9-11,13H2,1-3H3. The molecule has 0 fully saturated rings. The fraction of sp³-hybridized carbons (Fsp3) is 0.625. The van der Waals surface area contributed by atoms with Gasteiger partial charge in [0.2, 0.25) is 0 Å². The van der Waals surface area contributed by atoms with Gasteiger partial charge in [-0.15, -0.1) is 0 Å². The summed E-state index contributed by atoms with van der Waals surface area (Å²) in [7, 11) is 2.01.